The lowest BCUT2D eigenvalue weighted by Gasteiger charge is -2.32. The van der Waals surface area contributed by atoms with Crippen LogP contribution in [0.15, 0.2) is 42.5 Å². The topological polar surface area (TPSA) is 76.6 Å². The van der Waals surface area contributed by atoms with Gasteiger partial charge in [0.25, 0.3) is 5.91 Å². The first-order valence-corrected chi connectivity index (χ1v) is 12.9. The van der Waals surface area contributed by atoms with Gasteiger partial charge in [-0.3, -0.25) is 14.5 Å². The lowest BCUT2D eigenvalue weighted by Crippen LogP contribution is -2.44. The van der Waals surface area contributed by atoms with Crippen LogP contribution in [0.2, 0.25) is 0 Å². The Morgan fingerprint density at radius 3 is 2.67 bits per heavy atom. The van der Waals surface area contributed by atoms with Crippen molar-refractivity contribution in [3.05, 3.63) is 59.2 Å². The van der Waals surface area contributed by atoms with Crippen LogP contribution in [-0.2, 0) is 17.8 Å². The molecule has 36 heavy (non-hydrogen) atoms. The number of aliphatic hydroxyl groups is 1. The average molecular weight is 493 g/mol. The number of likely N-dealkylation sites (tertiary alicyclic amines) is 1. The van der Waals surface area contributed by atoms with Gasteiger partial charge in [0.1, 0.15) is 11.9 Å². The first kappa shape index (κ1) is 24.6. The summed E-state index contributed by atoms with van der Waals surface area (Å²) in [5, 5.41) is 10.9. The van der Waals surface area contributed by atoms with Gasteiger partial charge in [-0.15, -0.1) is 0 Å². The van der Waals surface area contributed by atoms with Crippen molar-refractivity contribution in [2.75, 3.05) is 57.8 Å². The standard InChI is InChI=1S/C28H36N4O4/c1-20(33)31-12-10-25(19-31)36-24-7-8-26-27(15-24)29(2)13-14-32(28(26)35)18-23(34)17-30-11-9-21-5-3-4-6-22(21)16-30/h3-8,15,23,25,34H,9-14,16-19H2,1-2H3/t23?,25-/m0/s1. The SMILES string of the molecule is CC(=O)N1CC[C@H](Oc2ccc3c(c2)N(C)CCN(CC(O)CN2CCc4ccccc4C2)C3=O)C1. The van der Waals surface area contributed by atoms with Gasteiger partial charge in [-0.2, -0.15) is 0 Å². The average Bonchev–Trinajstić information content (AvgIpc) is 3.30. The molecule has 3 aliphatic heterocycles. The number of β-amino-alcohol motifs (C(OH)–C–C–N with tert-alkyl or cyclic N) is 1. The molecule has 1 N–H and O–H groups in total. The van der Waals surface area contributed by atoms with Gasteiger partial charge in [0.15, 0.2) is 0 Å². The Hall–Kier alpha value is -3.10. The number of carbonyl (C=O) groups excluding carboxylic acids is 2. The van der Waals surface area contributed by atoms with Gasteiger partial charge in [0.2, 0.25) is 5.91 Å². The summed E-state index contributed by atoms with van der Waals surface area (Å²) in [4.78, 5) is 33.0. The van der Waals surface area contributed by atoms with Crippen molar-refractivity contribution in [2.24, 2.45) is 0 Å². The molecule has 0 spiro atoms. The molecule has 0 aromatic heterocycles. The summed E-state index contributed by atoms with van der Waals surface area (Å²) in [5.41, 5.74) is 4.17. The molecule has 1 saturated heterocycles. The second kappa shape index (κ2) is 10.5. The summed E-state index contributed by atoms with van der Waals surface area (Å²) in [6, 6.07) is 14.1. The molecule has 3 heterocycles. The quantitative estimate of drug-likeness (QED) is 0.665. The van der Waals surface area contributed by atoms with Gasteiger partial charge in [-0.25, -0.2) is 0 Å². The van der Waals surface area contributed by atoms with Gasteiger partial charge in [-0.1, -0.05) is 24.3 Å². The van der Waals surface area contributed by atoms with Gasteiger partial charge in [-0.05, 0) is 29.7 Å². The molecule has 2 aromatic carbocycles. The number of amides is 2. The van der Waals surface area contributed by atoms with Crippen molar-refractivity contribution in [3.8, 4) is 5.75 Å². The van der Waals surface area contributed by atoms with E-state index in [0.717, 1.165) is 31.6 Å². The molecule has 8 heteroatoms. The zero-order valence-electron chi connectivity index (χ0n) is 21.2. The molecule has 0 bridgehead atoms. The lowest BCUT2D eigenvalue weighted by atomic mass is 10.00. The maximum atomic E-state index is 13.4. The molecule has 2 aromatic rings. The maximum absolute atomic E-state index is 13.4. The van der Waals surface area contributed by atoms with Crippen LogP contribution in [0.5, 0.6) is 5.75 Å². The summed E-state index contributed by atoms with van der Waals surface area (Å²) in [5.74, 6) is 0.718. The summed E-state index contributed by atoms with van der Waals surface area (Å²) in [7, 11) is 1.98. The van der Waals surface area contributed by atoms with E-state index in [2.05, 4.69) is 34.1 Å². The molecular weight excluding hydrogens is 456 g/mol. The van der Waals surface area contributed by atoms with Crippen molar-refractivity contribution in [1.82, 2.24) is 14.7 Å². The minimum atomic E-state index is -0.611. The summed E-state index contributed by atoms with van der Waals surface area (Å²) < 4.78 is 6.16. The predicted molar refractivity (Wildman–Crippen MR) is 138 cm³/mol. The van der Waals surface area contributed by atoms with Crippen LogP contribution in [0.25, 0.3) is 0 Å². The number of likely N-dealkylation sites (N-methyl/N-ethyl adjacent to an activating group) is 1. The van der Waals surface area contributed by atoms with Crippen molar-refractivity contribution in [3.63, 3.8) is 0 Å². The lowest BCUT2D eigenvalue weighted by molar-refractivity contribution is -0.128. The van der Waals surface area contributed by atoms with E-state index in [9.17, 15) is 14.7 Å². The highest BCUT2D eigenvalue weighted by Crippen LogP contribution is 2.30. The minimum Gasteiger partial charge on any atom is -0.488 e. The Labute approximate surface area is 213 Å². The van der Waals surface area contributed by atoms with Gasteiger partial charge < -0.3 is 24.5 Å². The number of ether oxygens (including phenoxy) is 1. The van der Waals surface area contributed by atoms with E-state index in [4.69, 9.17) is 4.74 Å². The van der Waals surface area contributed by atoms with E-state index in [1.807, 2.05) is 25.2 Å². The zero-order valence-corrected chi connectivity index (χ0v) is 21.2. The highest BCUT2D eigenvalue weighted by molar-refractivity contribution is 6.00. The molecular formula is C28H36N4O4. The Morgan fingerprint density at radius 1 is 1.08 bits per heavy atom. The third-order valence-electron chi connectivity index (χ3n) is 7.61. The molecule has 192 valence electrons. The van der Waals surface area contributed by atoms with Gasteiger partial charge in [0.05, 0.1) is 23.9 Å². The maximum Gasteiger partial charge on any atom is 0.256 e. The number of fused-ring (bicyclic) bond motifs is 2. The number of hydrogen-bond donors (Lipinski definition) is 1. The number of rotatable bonds is 6. The minimum absolute atomic E-state index is 0.0351. The van der Waals surface area contributed by atoms with E-state index in [0.29, 0.717) is 50.6 Å². The monoisotopic (exact) mass is 492 g/mol. The second-order valence-corrected chi connectivity index (χ2v) is 10.3. The third kappa shape index (κ3) is 5.34. The van der Waals surface area contributed by atoms with Crippen LogP contribution >= 0.6 is 0 Å². The highest BCUT2D eigenvalue weighted by Gasteiger charge is 2.29. The zero-order chi connectivity index (χ0) is 25.2. The van der Waals surface area contributed by atoms with E-state index < -0.39 is 6.10 Å². The number of hydrogen-bond acceptors (Lipinski definition) is 6. The van der Waals surface area contributed by atoms with Crippen LogP contribution in [-0.4, -0.2) is 96.7 Å². The van der Waals surface area contributed by atoms with Crippen LogP contribution in [0.4, 0.5) is 5.69 Å². The smallest absolute Gasteiger partial charge is 0.256 e. The van der Waals surface area contributed by atoms with E-state index in [-0.39, 0.29) is 17.9 Å². The molecule has 0 aliphatic carbocycles. The third-order valence-corrected chi connectivity index (χ3v) is 7.61. The number of anilines is 1. The number of nitrogens with zero attached hydrogens (tertiary/aromatic N) is 4. The molecule has 8 nitrogen and oxygen atoms in total. The first-order chi connectivity index (χ1) is 17.4. The van der Waals surface area contributed by atoms with Crippen LogP contribution < -0.4 is 9.64 Å². The van der Waals surface area contributed by atoms with Gasteiger partial charge in [0, 0.05) is 72.3 Å². The highest BCUT2D eigenvalue weighted by atomic mass is 16.5. The number of carbonyl (C=O) groups is 2. The van der Waals surface area contributed by atoms with Crippen molar-refractivity contribution in [1.29, 1.82) is 0 Å². The fourth-order valence-corrected chi connectivity index (χ4v) is 5.54. The molecule has 5 rings (SSSR count). The van der Waals surface area contributed by atoms with Crippen LogP contribution in [0.1, 0.15) is 34.8 Å². The molecule has 1 unspecified atom stereocenters. The Morgan fingerprint density at radius 2 is 1.89 bits per heavy atom. The summed E-state index contributed by atoms with van der Waals surface area (Å²) >= 11 is 0. The first-order valence-electron chi connectivity index (χ1n) is 12.9. The van der Waals surface area contributed by atoms with E-state index >= 15 is 0 Å². The normalized spacial score (nSPS) is 21.1. The van der Waals surface area contributed by atoms with Crippen LogP contribution in [0, 0.1) is 0 Å². The van der Waals surface area contributed by atoms with Crippen molar-refractivity contribution in [2.45, 2.75) is 38.5 Å². The fraction of sp³-hybridized carbons (Fsp3) is 0.500. The molecule has 2 amide bonds. The van der Waals surface area contributed by atoms with Crippen molar-refractivity contribution < 1.29 is 19.4 Å². The van der Waals surface area contributed by atoms with Gasteiger partial charge >= 0.3 is 0 Å². The van der Waals surface area contributed by atoms with Crippen LogP contribution in [0.3, 0.4) is 0 Å². The summed E-state index contributed by atoms with van der Waals surface area (Å²) in [6.07, 6.45) is 1.15. The van der Waals surface area contributed by atoms with E-state index in [1.54, 1.807) is 16.7 Å². The number of benzene rings is 2. The molecule has 3 aliphatic rings. The largest absolute Gasteiger partial charge is 0.488 e. The Kier molecular flexibility index (Phi) is 7.16. The predicted octanol–water partition coefficient (Wildman–Crippen LogP) is 2.00. The fourth-order valence-electron chi connectivity index (χ4n) is 5.54. The molecule has 1 fully saturated rings. The Bertz CT molecular complexity index is 1120. The van der Waals surface area contributed by atoms with E-state index in [1.165, 1.54) is 11.1 Å². The van der Waals surface area contributed by atoms with Crippen molar-refractivity contribution >= 4 is 17.5 Å². The molecule has 0 radical (unpaired) electrons. The second-order valence-electron chi connectivity index (χ2n) is 10.3. The molecule has 2 atom stereocenters. The summed E-state index contributed by atoms with van der Waals surface area (Å²) in [6.45, 7) is 6.73. The number of aliphatic hydroxyl groups excluding tert-OH is 1. The Balaban J connectivity index is 1.21. The molecule has 0 saturated carbocycles.